The van der Waals surface area contributed by atoms with Crippen LogP contribution in [0.15, 0.2) is 23.1 Å². The minimum atomic E-state index is -3.72. The van der Waals surface area contributed by atoms with Gasteiger partial charge in [-0.15, -0.1) is 0 Å². The van der Waals surface area contributed by atoms with Gasteiger partial charge in [0.1, 0.15) is 10.7 Å². The minimum absolute atomic E-state index is 0.0557. The lowest BCUT2D eigenvalue weighted by Crippen LogP contribution is -2.49. The highest BCUT2D eigenvalue weighted by atomic mass is 32.2. The van der Waals surface area contributed by atoms with Crippen LogP contribution in [0.4, 0.5) is 10.1 Å². The van der Waals surface area contributed by atoms with Crippen molar-refractivity contribution in [2.45, 2.75) is 49.5 Å². The highest BCUT2D eigenvalue weighted by Crippen LogP contribution is 2.38. The Hall–Kier alpha value is -1.14. The highest BCUT2D eigenvalue weighted by molar-refractivity contribution is 7.89. The van der Waals surface area contributed by atoms with Crippen LogP contribution in [0.3, 0.4) is 0 Å². The molecule has 0 amide bonds. The molecular formula is C15H21FN2O2S. The molecule has 2 aliphatic rings. The van der Waals surface area contributed by atoms with Crippen LogP contribution in [0.5, 0.6) is 0 Å². The van der Waals surface area contributed by atoms with E-state index >= 15 is 0 Å². The van der Waals surface area contributed by atoms with Crippen molar-refractivity contribution < 1.29 is 12.8 Å². The van der Waals surface area contributed by atoms with Crippen LogP contribution in [0.25, 0.3) is 0 Å². The number of hydrogen-bond acceptors (Lipinski definition) is 3. The van der Waals surface area contributed by atoms with Gasteiger partial charge in [-0.25, -0.2) is 12.8 Å². The summed E-state index contributed by atoms with van der Waals surface area (Å²) in [5.41, 5.74) is 5.39. The number of para-hydroxylation sites is 1. The average Bonchev–Trinajstić information content (AvgIpc) is 2.49. The predicted octanol–water partition coefficient (Wildman–Crippen LogP) is 2.75. The van der Waals surface area contributed by atoms with Crippen molar-refractivity contribution in [1.82, 2.24) is 4.31 Å². The largest absolute Gasteiger partial charge is 0.395 e. The Labute approximate surface area is 125 Å². The van der Waals surface area contributed by atoms with Crippen LogP contribution in [0.1, 0.15) is 38.5 Å². The van der Waals surface area contributed by atoms with Gasteiger partial charge in [0.05, 0.1) is 5.69 Å². The molecule has 0 bridgehead atoms. The first-order chi connectivity index (χ1) is 10.0. The Morgan fingerprint density at radius 1 is 1.14 bits per heavy atom. The van der Waals surface area contributed by atoms with Crippen LogP contribution in [0.2, 0.25) is 0 Å². The fourth-order valence-corrected chi connectivity index (χ4v) is 5.63. The summed E-state index contributed by atoms with van der Waals surface area (Å²) < 4.78 is 41.0. The normalized spacial score (nSPS) is 27.3. The predicted molar refractivity (Wildman–Crippen MR) is 79.7 cm³/mol. The molecule has 2 fully saturated rings. The molecule has 6 heteroatoms. The summed E-state index contributed by atoms with van der Waals surface area (Å²) in [6.45, 7) is 0.513. The molecule has 3 rings (SSSR count). The molecule has 1 aromatic carbocycles. The third-order valence-electron chi connectivity index (χ3n) is 4.79. The Morgan fingerprint density at radius 3 is 2.67 bits per heavy atom. The van der Waals surface area contributed by atoms with E-state index in [2.05, 4.69) is 0 Å². The number of benzene rings is 1. The van der Waals surface area contributed by atoms with Crippen molar-refractivity contribution in [3.63, 3.8) is 0 Å². The third kappa shape index (κ3) is 2.55. The monoisotopic (exact) mass is 312 g/mol. The molecule has 116 valence electrons. The van der Waals surface area contributed by atoms with E-state index in [9.17, 15) is 12.8 Å². The summed E-state index contributed by atoms with van der Waals surface area (Å²) in [6, 6.07) is 4.05. The van der Waals surface area contributed by atoms with E-state index in [0.717, 1.165) is 32.1 Å². The number of nitrogen functional groups attached to an aromatic ring is 1. The van der Waals surface area contributed by atoms with E-state index in [1.165, 1.54) is 24.6 Å². The molecule has 1 heterocycles. The van der Waals surface area contributed by atoms with Gasteiger partial charge in [0.2, 0.25) is 10.0 Å². The highest BCUT2D eigenvalue weighted by Gasteiger charge is 2.40. The molecule has 0 aromatic heterocycles. The molecule has 2 atom stereocenters. The molecule has 2 N–H and O–H groups in total. The number of halogens is 1. The molecule has 4 nitrogen and oxygen atoms in total. The van der Waals surface area contributed by atoms with Gasteiger partial charge >= 0.3 is 0 Å². The second-order valence-corrected chi connectivity index (χ2v) is 7.88. The molecule has 21 heavy (non-hydrogen) atoms. The van der Waals surface area contributed by atoms with Gasteiger partial charge in [0.15, 0.2) is 0 Å². The summed E-state index contributed by atoms with van der Waals surface area (Å²) >= 11 is 0. The summed E-state index contributed by atoms with van der Waals surface area (Å²) in [5, 5.41) is 0. The number of sulfonamides is 1. The van der Waals surface area contributed by atoms with Crippen molar-refractivity contribution in [2.24, 2.45) is 5.92 Å². The van der Waals surface area contributed by atoms with E-state index in [-0.39, 0.29) is 16.6 Å². The van der Waals surface area contributed by atoms with E-state index in [1.807, 2.05) is 0 Å². The van der Waals surface area contributed by atoms with Crippen molar-refractivity contribution in [2.75, 3.05) is 12.3 Å². The lowest BCUT2D eigenvalue weighted by molar-refractivity contribution is 0.129. The molecule has 1 aliphatic heterocycles. The van der Waals surface area contributed by atoms with Gasteiger partial charge in [0, 0.05) is 12.6 Å². The number of hydrogen-bond donors (Lipinski definition) is 1. The van der Waals surface area contributed by atoms with Gasteiger partial charge in [-0.05, 0) is 43.7 Å². The SMILES string of the molecule is Nc1c(F)cccc1S(=O)(=O)N1CCCC2CCCCC21. The number of piperidine rings is 1. The van der Waals surface area contributed by atoms with Crippen LogP contribution in [-0.4, -0.2) is 25.3 Å². The Balaban J connectivity index is 1.98. The lowest BCUT2D eigenvalue weighted by Gasteiger charge is -2.43. The zero-order chi connectivity index (χ0) is 15.0. The molecule has 1 saturated heterocycles. The first-order valence-electron chi connectivity index (χ1n) is 7.57. The van der Waals surface area contributed by atoms with Crippen molar-refractivity contribution in [3.05, 3.63) is 24.0 Å². The molecular weight excluding hydrogens is 291 g/mol. The fraction of sp³-hybridized carbons (Fsp3) is 0.600. The zero-order valence-corrected chi connectivity index (χ0v) is 12.8. The van der Waals surface area contributed by atoms with E-state index in [0.29, 0.717) is 12.5 Å². The van der Waals surface area contributed by atoms with Gasteiger partial charge in [-0.1, -0.05) is 18.9 Å². The van der Waals surface area contributed by atoms with Crippen LogP contribution >= 0.6 is 0 Å². The van der Waals surface area contributed by atoms with Crippen LogP contribution in [0, 0.1) is 11.7 Å². The first kappa shape index (κ1) is 14.8. The second kappa shape index (κ2) is 5.57. The standard InChI is InChI=1S/C15H21FN2O2S/c16-12-7-3-9-14(15(12)17)21(19,20)18-10-4-6-11-5-1-2-8-13(11)18/h3,7,9,11,13H,1-2,4-6,8,10,17H2. The smallest absolute Gasteiger partial charge is 0.245 e. The molecule has 1 aliphatic carbocycles. The Morgan fingerprint density at radius 2 is 1.86 bits per heavy atom. The van der Waals surface area contributed by atoms with E-state index in [1.54, 1.807) is 4.31 Å². The number of nitrogens with zero attached hydrogens (tertiary/aromatic N) is 1. The average molecular weight is 312 g/mol. The summed E-state index contributed by atoms with van der Waals surface area (Å²) in [5.74, 6) is -0.231. The van der Waals surface area contributed by atoms with E-state index < -0.39 is 15.8 Å². The Kier molecular flexibility index (Phi) is 3.92. The maximum Gasteiger partial charge on any atom is 0.245 e. The molecule has 1 saturated carbocycles. The molecule has 2 unspecified atom stereocenters. The number of nitrogens with two attached hydrogens (primary N) is 1. The topological polar surface area (TPSA) is 63.4 Å². The van der Waals surface area contributed by atoms with E-state index in [4.69, 9.17) is 5.73 Å². The van der Waals surface area contributed by atoms with Crippen LogP contribution in [-0.2, 0) is 10.0 Å². The van der Waals surface area contributed by atoms with Crippen molar-refractivity contribution in [3.8, 4) is 0 Å². The minimum Gasteiger partial charge on any atom is -0.395 e. The van der Waals surface area contributed by atoms with Gasteiger partial charge in [-0.3, -0.25) is 0 Å². The Bertz CT molecular complexity index is 631. The summed E-state index contributed by atoms with van der Waals surface area (Å²) in [6.07, 6.45) is 6.20. The zero-order valence-electron chi connectivity index (χ0n) is 12.0. The fourth-order valence-electron chi connectivity index (χ4n) is 3.75. The number of fused-ring (bicyclic) bond motifs is 1. The quantitative estimate of drug-likeness (QED) is 0.854. The van der Waals surface area contributed by atoms with Gasteiger partial charge in [0.25, 0.3) is 0 Å². The maximum absolute atomic E-state index is 13.6. The van der Waals surface area contributed by atoms with Crippen molar-refractivity contribution >= 4 is 15.7 Å². The van der Waals surface area contributed by atoms with Gasteiger partial charge in [-0.2, -0.15) is 4.31 Å². The van der Waals surface area contributed by atoms with Gasteiger partial charge < -0.3 is 5.73 Å². The number of anilines is 1. The van der Waals surface area contributed by atoms with Crippen molar-refractivity contribution in [1.29, 1.82) is 0 Å². The van der Waals surface area contributed by atoms with Crippen LogP contribution < -0.4 is 5.73 Å². The number of rotatable bonds is 2. The maximum atomic E-state index is 13.6. The summed E-state index contributed by atoms with van der Waals surface area (Å²) in [7, 11) is -3.72. The third-order valence-corrected chi connectivity index (χ3v) is 6.77. The summed E-state index contributed by atoms with van der Waals surface area (Å²) in [4.78, 5) is -0.0891. The lowest BCUT2D eigenvalue weighted by atomic mass is 9.79. The molecule has 0 spiro atoms. The molecule has 1 aromatic rings. The second-order valence-electron chi connectivity index (χ2n) is 6.02. The first-order valence-corrected chi connectivity index (χ1v) is 9.01. The molecule has 0 radical (unpaired) electrons.